The van der Waals surface area contributed by atoms with Crippen molar-refractivity contribution < 1.29 is 9.53 Å². The number of carbonyl (C=O) groups is 1. The second-order valence-electron chi connectivity index (χ2n) is 4.78. The maximum absolute atomic E-state index is 11.8. The number of hydrogen-bond donors (Lipinski definition) is 2. The number of amides is 1. The van der Waals surface area contributed by atoms with Crippen LogP contribution in [-0.2, 0) is 22.6 Å². The monoisotopic (exact) mass is 290 g/mol. The van der Waals surface area contributed by atoms with E-state index in [4.69, 9.17) is 4.74 Å². The molecule has 0 bridgehead atoms. The van der Waals surface area contributed by atoms with E-state index >= 15 is 0 Å². The van der Waals surface area contributed by atoms with E-state index in [0.717, 1.165) is 29.7 Å². The smallest absolute Gasteiger partial charge is 0.239 e. The van der Waals surface area contributed by atoms with Crippen LogP contribution in [0.5, 0.6) is 0 Å². The molecule has 0 radical (unpaired) electrons. The molecule has 6 heteroatoms. The molecule has 0 saturated carbocycles. The number of ether oxygens (including phenoxy) is 1. The molecular weight excluding hydrogens is 268 g/mol. The van der Waals surface area contributed by atoms with Crippen molar-refractivity contribution in [1.82, 2.24) is 20.2 Å². The average molecular weight is 290 g/mol. The molecule has 0 spiro atoms. The summed E-state index contributed by atoms with van der Waals surface area (Å²) in [7, 11) is 1.68. The van der Waals surface area contributed by atoms with Crippen molar-refractivity contribution in [3.63, 3.8) is 0 Å². The Bertz CT molecular complexity index is 594. The number of nitrogens with zero attached hydrogens (tertiary/aromatic N) is 2. The van der Waals surface area contributed by atoms with E-state index < -0.39 is 0 Å². The van der Waals surface area contributed by atoms with Gasteiger partial charge in [-0.05, 0) is 24.6 Å². The lowest BCUT2D eigenvalue weighted by Gasteiger charge is -2.04. The molecule has 0 unspecified atom stereocenters. The van der Waals surface area contributed by atoms with Crippen molar-refractivity contribution in [2.75, 3.05) is 26.8 Å². The van der Waals surface area contributed by atoms with E-state index in [1.165, 1.54) is 0 Å². The summed E-state index contributed by atoms with van der Waals surface area (Å²) in [5.74, 6) is -0.000977. The first kappa shape index (κ1) is 15.5. The Kier molecular flexibility index (Phi) is 5.71. The summed E-state index contributed by atoms with van der Waals surface area (Å²) >= 11 is 0. The lowest BCUT2D eigenvalue weighted by Crippen LogP contribution is -2.26. The topological polar surface area (TPSA) is 68.2 Å². The highest BCUT2D eigenvalue weighted by atomic mass is 16.5. The van der Waals surface area contributed by atoms with Gasteiger partial charge in [-0.25, -0.2) is 4.98 Å². The van der Waals surface area contributed by atoms with Crippen molar-refractivity contribution in [3.8, 4) is 0 Å². The van der Waals surface area contributed by atoms with Crippen LogP contribution in [0.15, 0.2) is 24.5 Å². The standard InChI is InChI=1S/C15H22N4O2/c1-3-17-14(20)11-19-10-12(9-16-7-8-21-2)13-5-4-6-18-15(13)19/h4-6,10,16H,3,7-9,11H2,1-2H3,(H,17,20). The molecule has 0 aliphatic rings. The van der Waals surface area contributed by atoms with Gasteiger partial charge in [-0.3, -0.25) is 4.79 Å². The molecule has 0 aliphatic heterocycles. The van der Waals surface area contributed by atoms with E-state index in [1.54, 1.807) is 13.3 Å². The lowest BCUT2D eigenvalue weighted by molar-refractivity contribution is -0.121. The predicted octanol–water partition coefficient (Wildman–Crippen LogP) is 0.908. The molecule has 21 heavy (non-hydrogen) atoms. The fraction of sp³-hybridized carbons (Fsp3) is 0.467. The molecule has 0 aromatic carbocycles. The zero-order chi connectivity index (χ0) is 15.1. The Morgan fingerprint density at radius 2 is 2.33 bits per heavy atom. The Balaban J connectivity index is 2.16. The number of carbonyl (C=O) groups excluding carboxylic acids is 1. The zero-order valence-electron chi connectivity index (χ0n) is 12.6. The van der Waals surface area contributed by atoms with Crippen LogP contribution >= 0.6 is 0 Å². The van der Waals surface area contributed by atoms with Gasteiger partial charge in [0.05, 0.1) is 6.61 Å². The highest BCUT2D eigenvalue weighted by Crippen LogP contribution is 2.19. The third-order valence-electron chi connectivity index (χ3n) is 3.20. The summed E-state index contributed by atoms with van der Waals surface area (Å²) in [5.41, 5.74) is 1.98. The van der Waals surface area contributed by atoms with Crippen molar-refractivity contribution in [2.24, 2.45) is 0 Å². The summed E-state index contributed by atoms with van der Waals surface area (Å²) < 4.78 is 6.92. The number of likely N-dealkylation sites (N-methyl/N-ethyl adjacent to an activating group) is 1. The number of methoxy groups -OCH3 is 1. The maximum Gasteiger partial charge on any atom is 0.239 e. The number of fused-ring (bicyclic) bond motifs is 1. The van der Waals surface area contributed by atoms with E-state index in [-0.39, 0.29) is 5.91 Å². The Hall–Kier alpha value is -1.92. The molecule has 2 heterocycles. The fourth-order valence-corrected chi connectivity index (χ4v) is 2.26. The quantitative estimate of drug-likeness (QED) is 0.709. The molecule has 1 amide bonds. The summed E-state index contributed by atoms with van der Waals surface area (Å²) in [6.07, 6.45) is 3.74. The Morgan fingerprint density at radius 1 is 1.48 bits per heavy atom. The third kappa shape index (κ3) is 4.03. The molecule has 0 aliphatic carbocycles. The van der Waals surface area contributed by atoms with Crippen molar-refractivity contribution >= 4 is 16.9 Å². The molecular formula is C15H22N4O2. The SMILES string of the molecule is CCNC(=O)Cn1cc(CNCCOC)c2cccnc21. The summed E-state index contributed by atoms with van der Waals surface area (Å²) in [5, 5.41) is 7.20. The molecule has 0 saturated heterocycles. The molecule has 6 nitrogen and oxygen atoms in total. The van der Waals surface area contributed by atoms with E-state index in [2.05, 4.69) is 15.6 Å². The number of hydrogen-bond acceptors (Lipinski definition) is 4. The van der Waals surface area contributed by atoms with Gasteiger partial charge >= 0.3 is 0 Å². The van der Waals surface area contributed by atoms with Gasteiger partial charge in [0.15, 0.2) is 0 Å². The van der Waals surface area contributed by atoms with Gasteiger partial charge in [-0.15, -0.1) is 0 Å². The molecule has 2 aromatic heterocycles. The van der Waals surface area contributed by atoms with Gasteiger partial charge in [0.1, 0.15) is 12.2 Å². The van der Waals surface area contributed by atoms with Crippen LogP contribution in [0.25, 0.3) is 11.0 Å². The number of aromatic nitrogens is 2. The molecule has 114 valence electrons. The van der Waals surface area contributed by atoms with Crippen LogP contribution in [0.4, 0.5) is 0 Å². The molecule has 2 aromatic rings. The van der Waals surface area contributed by atoms with Crippen molar-refractivity contribution in [3.05, 3.63) is 30.1 Å². The summed E-state index contributed by atoms with van der Waals surface area (Å²) in [4.78, 5) is 16.2. The summed E-state index contributed by atoms with van der Waals surface area (Å²) in [6, 6.07) is 3.95. The minimum Gasteiger partial charge on any atom is -0.383 e. The Labute approximate surface area is 124 Å². The average Bonchev–Trinajstić information content (AvgIpc) is 2.82. The minimum absolute atomic E-state index is 0.000977. The molecule has 2 N–H and O–H groups in total. The highest BCUT2D eigenvalue weighted by molar-refractivity contribution is 5.83. The normalized spacial score (nSPS) is 11.0. The number of pyridine rings is 1. The van der Waals surface area contributed by atoms with Gasteiger partial charge in [0.25, 0.3) is 0 Å². The molecule has 2 rings (SSSR count). The largest absolute Gasteiger partial charge is 0.383 e. The first-order valence-corrected chi connectivity index (χ1v) is 7.15. The maximum atomic E-state index is 11.8. The van der Waals surface area contributed by atoms with Crippen LogP contribution in [0.3, 0.4) is 0 Å². The first-order chi connectivity index (χ1) is 10.3. The second kappa shape index (κ2) is 7.75. The van der Waals surface area contributed by atoms with E-state index in [0.29, 0.717) is 19.7 Å². The minimum atomic E-state index is -0.000977. The van der Waals surface area contributed by atoms with Crippen LogP contribution in [0, 0.1) is 0 Å². The predicted molar refractivity (Wildman–Crippen MR) is 82.0 cm³/mol. The van der Waals surface area contributed by atoms with Crippen LogP contribution in [-0.4, -0.2) is 42.3 Å². The van der Waals surface area contributed by atoms with Crippen molar-refractivity contribution in [1.29, 1.82) is 0 Å². The van der Waals surface area contributed by atoms with Gasteiger partial charge in [0, 0.05) is 44.5 Å². The van der Waals surface area contributed by atoms with Crippen LogP contribution in [0.2, 0.25) is 0 Å². The van der Waals surface area contributed by atoms with Gasteiger partial charge < -0.3 is 19.9 Å². The van der Waals surface area contributed by atoms with Gasteiger partial charge in [-0.2, -0.15) is 0 Å². The van der Waals surface area contributed by atoms with Gasteiger partial charge in [-0.1, -0.05) is 0 Å². The van der Waals surface area contributed by atoms with Gasteiger partial charge in [0.2, 0.25) is 5.91 Å². The summed E-state index contributed by atoms with van der Waals surface area (Å²) in [6.45, 7) is 5.04. The van der Waals surface area contributed by atoms with Crippen molar-refractivity contribution in [2.45, 2.75) is 20.0 Å². The van der Waals surface area contributed by atoms with E-state index in [9.17, 15) is 4.79 Å². The van der Waals surface area contributed by atoms with E-state index in [1.807, 2.05) is 29.8 Å². The highest BCUT2D eigenvalue weighted by Gasteiger charge is 2.11. The number of rotatable bonds is 8. The third-order valence-corrected chi connectivity index (χ3v) is 3.20. The number of nitrogens with one attached hydrogen (secondary N) is 2. The molecule has 0 fully saturated rings. The zero-order valence-corrected chi connectivity index (χ0v) is 12.6. The van der Waals surface area contributed by atoms with Crippen LogP contribution in [0.1, 0.15) is 12.5 Å². The second-order valence-corrected chi connectivity index (χ2v) is 4.78. The Morgan fingerprint density at radius 3 is 3.10 bits per heavy atom. The lowest BCUT2D eigenvalue weighted by atomic mass is 10.2. The molecule has 0 atom stereocenters. The first-order valence-electron chi connectivity index (χ1n) is 7.15. The fourth-order valence-electron chi connectivity index (χ4n) is 2.26. The van der Waals surface area contributed by atoms with Crippen LogP contribution < -0.4 is 10.6 Å².